The highest BCUT2D eigenvalue weighted by molar-refractivity contribution is 5.89. The summed E-state index contributed by atoms with van der Waals surface area (Å²) < 4.78 is 5.78. The average Bonchev–Trinajstić information content (AvgIpc) is 2.74. The number of carbonyl (C=O) groups is 1. The summed E-state index contributed by atoms with van der Waals surface area (Å²) in [5.74, 6) is 0.774. The van der Waals surface area contributed by atoms with Gasteiger partial charge in [-0.2, -0.15) is 0 Å². The van der Waals surface area contributed by atoms with Gasteiger partial charge in [0.25, 0.3) is 0 Å². The van der Waals surface area contributed by atoms with Crippen LogP contribution in [-0.4, -0.2) is 6.03 Å². The van der Waals surface area contributed by atoms with E-state index in [0.29, 0.717) is 6.61 Å². The van der Waals surface area contributed by atoms with E-state index in [1.54, 1.807) is 0 Å². The van der Waals surface area contributed by atoms with E-state index in [9.17, 15) is 4.79 Å². The lowest BCUT2D eigenvalue weighted by atomic mass is 9.88. The third-order valence-corrected chi connectivity index (χ3v) is 5.04. The molecule has 0 bridgehead atoms. The number of urea groups is 1. The molecular weight excluding hydrogens is 348 g/mol. The summed E-state index contributed by atoms with van der Waals surface area (Å²) in [7, 11) is 0. The first kappa shape index (κ1) is 18.1. The molecule has 4 rings (SSSR count). The SMILES string of the molecule is O=C(Nc1ccc(OCc2ccccc2)cc1)NC1CCCc2ccccc21. The van der Waals surface area contributed by atoms with E-state index >= 15 is 0 Å². The Bertz CT molecular complexity index is 923. The van der Waals surface area contributed by atoms with Crippen LogP contribution in [0.15, 0.2) is 78.9 Å². The molecule has 0 fully saturated rings. The van der Waals surface area contributed by atoms with Gasteiger partial charge in [-0.3, -0.25) is 0 Å². The van der Waals surface area contributed by atoms with Crippen molar-refractivity contribution in [2.24, 2.45) is 0 Å². The predicted molar refractivity (Wildman–Crippen MR) is 111 cm³/mol. The molecule has 142 valence electrons. The molecule has 0 heterocycles. The summed E-state index contributed by atoms with van der Waals surface area (Å²) in [5.41, 5.74) is 4.43. The Kier molecular flexibility index (Phi) is 5.57. The highest BCUT2D eigenvalue weighted by Crippen LogP contribution is 2.29. The normalized spacial score (nSPS) is 15.4. The van der Waals surface area contributed by atoms with Gasteiger partial charge >= 0.3 is 6.03 Å². The molecule has 4 nitrogen and oxygen atoms in total. The van der Waals surface area contributed by atoms with Crippen molar-refractivity contribution in [1.29, 1.82) is 0 Å². The van der Waals surface area contributed by atoms with Crippen LogP contribution in [0.2, 0.25) is 0 Å². The van der Waals surface area contributed by atoms with Crippen LogP contribution in [0.25, 0.3) is 0 Å². The van der Waals surface area contributed by atoms with Crippen molar-refractivity contribution in [2.75, 3.05) is 5.32 Å². The molecule has 2 amide bonds. The number of carbonyl (C=O) groups excluding carboxylic acids is 1. The van der Waals surface area contributed by atoms with Crippen LogP contribution in [-0.2, 0) is 13.0 Å². The fourth-order valence-electron chi connectivity index (χ4n) is 3.60. The lowest BCUT2D eigenvalue weighted by molar-refractivity contribution is 0.247. The van der Waals surface area contributed by atoms with E-state index < -0.39 is 0 Å². The number of aryl methyl sites for hydroxylation is 1. The number of hydrogen-bond acceptors (Lipinski definition) is 2. The number of ether oxygens (including phenoxy) is 1. The first-order valence-corrected chi connectivity index (χ1v) is 9.70. The molecule has 0 saturated heterocycles. The highest BCUT2D eigenvalue weighted by Gasteiger charge is 2.21. The van der Waals surface area contributed by atoms with Crippen LogP contribution in [0.5, 0.6) is 5.75 Å². The molecule has 1 aliphatic carbocycles. The number of rotatable bonds is 5. The van der Waals surface area contributed by atoms with E-state index in [1.165, 1.54) is 11.1 Å². The summed E-state index contributed by atoms with van der Waals surface area (Å²) in [6.07, 6.45) is 3.15. The van der Waals surface area contributed by atoms with Crippen molar-refractivity contribution < 1.29 is 9.53 Å². The number of amides is 2. The molecule has 0 spiro atoms. The molecule has 0 radical (unpaired) electrons. The molecule has 1 aliphatic rings. The Hall–Kier alpha value is -3.27. The zero-order valence-corrected chi connectivity index (χ0v) is 15.7. The van der Waals surface area contributed by atoms with Gasteiger partial charge in [0.15, 0.2) is 0 Å². The van der Waals surface area contributed by atoms with Crippen molar-refractivity contribution in [3.05, 3.63) is 95.6 Å². The molecule has 3 aromatic rings. The zero-order chi connectivity index (χ0) is 19.2. The van der Waals surface area contributed by atoms with Gasteiger partial charge in [-0.05, 0) is 60.2 Å². The Balaban J connectivity index is 1.31. The van der Waals surface area contributed by atoms with Crippen LogP contribution >= 0.6 is 0 Å². The van der Waals surface area contributed by atoms with Crippen molar-refractivity contribution in [3.63, 3.8) is 0 Å². The quantitative estimate of drug-likeness (QED) is 0.624. The topological polar surface area (TPSA) is 50.4 Å². The smallest absolute Gasteiger partial charge is 0.319 e. The minimum atomic E-state index is -0.181. The van der Waals surface area contributed by atoms with Crippen LogP contribution in [0, 0.1) is 0 Å². The van der Waals surface area contributed by atoms with Crippen molar-refractivity contribution in [2.45, 2.75) is 31.9 Å². The van der Waals surface area contributed by atoms with Crippen molar-refractivity contribution >= 4 is 11.7 Å². The molecule has 0 saturated carbocycles. The minimum Gasteiger partial charge on any atom is -0.489 e. The third-order valence-electron chi connectivity index (χ3n) is 5.04. The van der Waals surface area contributed by atoms with Crippen LogP contribution < -0.4 is 15.4 Å². The third kappa shape index (κ3) is 4.52. The van der Waals surface area contributed by atoms with E-state index in [0.717, 1.165) is 36.3 Å². The standard InChI is InChI=1S/C24H24N2O2/c27-24(26-23-12-6-10-19-9-4-5-11-22(19)23)25-20-13-15-21(16-14-20)28-17-18-7-2-1-3-8-18/h1-5,7-9,11,13-16,23H,6,10,12,17H2,(H2,25,26,27). The summed E-state index contributed by atoms with van der Waals surface area (Å²) in [6.45, 7) is 0.523. The monoisotopic (exact) mass is 372 g/mol. The number of nitrogens with one attached hydrogen (secondary N) is 2. The Morgan fingerprint density at radius 1 is 0.929 bits per heavy atom. The lowest BCUT2D eigenvalue weighted by Gasteiger charge is -2.26. The van der Waals surface area contributed by atoms with Crippen LogP contribution in [0.4, 0.5) is 10.5 Å². The Morgan fingerprint density at radius 3 is 2.50 bits per heavy atom. The van der Waals surface area contributed by atoms with Gasteiger partial charge in [-0.1, -0.05) is 54.6 Å². The van der Waals surface area contributed by atoms with E-state index in [-0.39, 0.29) is 12.1 Å². The minimum absolute atomic E-state index is 0.0680. The first-order chi connectivity index (χ1) is 13.8. The molecule has 3 aromatic carbocycles. The average molecular weight is 372 g/mol. The number of fused-ring (bicyclic) bond motifs is 1. The largest absolute Gasteiger partial charge is 0.489 e. The van der Waals surface area contributed by atoms with Gasteiger partial charge in [0.2, 0.25) is 0 Å². The fraction of sp³-hybridized carbons (Fsp3) is 0.208. The molecule has 0 aromatic heterocycles. The maximum atomic E-state index is 12.4. The lowest BCUT2D eigenvalue weighted by Crippen LogP contribution is -2.34. The van der Waals surface area contributed by atoms with Gasteiger partial charge in [0, 0.05) is 5.69 Å². The van der Waals surface area contributed by atoms with Gasteiger partial charge in [-0.25, -0.2) is 4.79 Å². The summed E-state index contributed by atoms with van der Waals surface area (Å²) in [6, 6.07) is 25.7. The summed E-state index contributed by atoms with van der Waals surface area (Å²) >= 11 is 0. The second kappa shape index (κ2) is 8.61. The molecule has 1 unspecified atom stereocenters. The van der Waals surface area contributed by atoms with Crippen molar-refractivity contribution in [3.8, 4) is 5.75 Å². The van der Waals surface area contributed by atoms with Gasteiger partial charge < -0.3 is 15.4 Å². The van der Waals surface area contributed by atoms with Crippen LogP contribution in [0.3, 0.4) is 0 Å². The highest BCUT2D eigenvalue weighted by atomic mass is 16.5. The van der Waals surface area contributed by atoms with Crippen molar-refractivity contribution in [1.82, 2.24) is 5.32 Å². The molecule has 4 heteroatoms. The fourth-order valence-corrected chi connectivity index (χ4v) is 3.60. The summed E-state index contributed by atoms with van der Waals surface area (Å²) in [4.78, 5) is 12.4. The number of anilines is 1. The van der Waals surface area contributed by atoms with E-state index in [4.69, 9.17) is 4.74 Å². The molecule has 0 aliphatic heterocycles. The number of benzene rings is 3. The predicted octanol–water partition coefficient (Wildman–Crippen LogP) is 5.46. The molecular formula is C24H24N2O2. The Morgan fingerprint density at radius 2 is 1.68 bits per heavy atom. The second-order valence-electron chi connectivity index (χ2n) is 7.04. The Labute approximate surface area is 165 Å². The van der Waals surface area contributed by atoms with Gasteiger partial charge in [-0.15, -0.1) is 0 Å². The van der Waals surface area contributed by atoms with Gasteiger partial charge in [0.05, 0.1) is 6.04 Å². The van der Waals surface area contributed by atoms with Crippen LogP contribution in [0.1, 0.15) is 35.6 Å². The molecule has 28 heavy (non-hydrogen) atoms. The summed E-state index contributed by atoms with van der Waals surface area (Å²) in [5, 5.41) is 6.02. The van der Waals surface area contributed by atoms with Gasteiger partial charge in [0.1, 0.15) is 12.4 Å². The first-order valence-electron chi connectivity index (χ1n) is 9.70. The number of hydrogen-bond donors (Lipinski definition) is 2. The maximum absolute atomic E-state index is 12.4. The zero-order valence-electron chi connectivity index (χ0n) is 15.7. The maximum Gasteiger partial charge on any atom is 0.319 e. The second-order valence-corrected chi connectivity index (χ2v) is 7.04. The molecule has 1 atom stereocenters. The van der Waals surface area contributed by atoms with E-state index in [2.05, 4.69) is 28.8 Å². The molecule has 2 N–H and O–H groups in total. The van der Waals surface area contributed by atoms with E-state index in [1.807, 2.05) is 60.7 Å².